The van der Waals surface area contributed by atoms with E-state index >= 15 is 0 Å². The molecule has 1 atom stereocenters. The van der Waals surface area contributed by atoms with E-state index in [9.17, 15) is 4.79 Å². The van der Waals surface area contributed by atoms with Crippen LogP contribution < -0.4 is 20.1 Å². The predicted octanol–water partition coefficient (Wildman–Crippen LogP) is 3.64. The van der Waals surface area contributed by atoms with Crippen molar-refractivity contribution in [2.24, 2.45) is 0 Å². The molecule has 0 spiro atoms. The lowest BCUT2D eigenvalue weighted by Gasteiger charge is -2.27. The monoisotopic (exact) mass is 403 g/mol. The van der Waals surface area contributed by atoms with Gasteiger partial charge in [0.15, 0.2) is 11.5 Å². The van der Waals surface area contributed by atoms with Crippen LogP contribution in [-0.4, -0.2) is 35.1 Å². The van der Waals surface area contributed by atoms with E-state index in [4.69, 9.17) is 44.3 Å². The summed E-state index contributed by atoms with van der Waals surface area (Å²) in [4.78, 5) is 16.6. The number of anilines is 1. The van der Waals surface area contributed by atoms with Gasteiger partial charge in [-0.1, -0.05) is 40.9 Å². The minimum absolute atomic E-state index is 0.319. The Hall–Kier alpha value is -1.89. The second-order valence-corrected chi connectivity index (χ2v) is 7.25. The summed E-state index contributed by atoms with van der Waals surface area (Å²) in [6.45, 7) is 0. The van der Waals surface area contributed by atoms with E-state index in [0.717, 1.165) is 0 Å². The van der Waals surface area contributed by atoms with Crippen LogP contribution in [0.4, 0.5) is 5.82 Å². The summed E-state index contributed by atoms with van der Waals surface area (Å²) in [5.41, 5.74) is 0.319. The molecule has 0 aliphatic carbocycles. The zero-order valence-corrected chi connectivity index (χ0v) is 15.7. The highest BCUT2D eigenvalue weighted by molar-refractivity contribution is 6.68. The highest BCUT2D eigenvalue weighted by Gasteiger charge is 2.34. The number of pyridine rings is 1. The van der Waals surface area contributed by atoms with Gasteiger partial charge in [0.25, 0.3) is 5.91 Å². The number of hydrogen-bond donors (Lipinski definition) is 2. The number of ether oxygens (including phenoxy) is 2. The third kappa shape index (κ3) is 5.29. The Morgan fingerprint density at radius 3 is 2.40 bits per heavy atom. The fourth-order valence-corrected chi connectivity index (χ4v) is 2.31. The molecule has 0 aliphatic heterocycles. The Morgan fingerprint density at radius 1 is 1.12 bits per heavy atom. The summed E-state index contributed by atoms with van der Waals surface area (Å²) >= 11 is 17.9. The second kappa shape index (κ2) is 8.47. The molecule has 0 unspecified atom stereocenters. The van der Waals surface area contributed by atoms with Gasteiger partial charge < -0.3 is 20.1 Å². The van der Waals surface area contributed by atoms with E-state index in [1.807, 2.05) is 0 Å². The quantitative estimate of drug-likeness (QED) is 0.568. The minimum Gasteiger partial charge on any atom is -0.493 e. The molecule has 2 aromatic rings. The Bertz CT molecular complexity index is 724. The molecule has 25 heavy (non-hydrogen) atoms. The number of nitrogens with one attached hydrogen (secondary N) is 2. The summed E-state index contributed by atoms with van der Waals surface area (Å²) in [6.07, 6.45) is 0.571. The Morgan fingerprint density at radius 2 is 1.84 bits per heavy atom. The summed E-state index contributed by atoms with van der Waals surface area (Å²) in [5, 5.41) is 5.50. The molecular formula is C16H16Cl3N3O3. The lowest BCUT2D eigenvalue weighted by atomic mass is 10.2. The third-order valence-electron chi connectivity index (χ3n) is 3.21. The van der Waals surface area contributed by atoms with Crippen molar-refractivity contribution in [1.82, 2.24) is 10.3 Å². The Labute approximate surface area is 160 Å². The SMILES string of the molecule is COc1ccc(C(=O)N[C@H](Nc2ccccn2)C(Cl)(Cl)Cl)cc1OC. The van der Waals surface area contributed by atoms with E-state index in [-0.39, 0.29) is 0 Å². The highest BCUT2D eigenvalue weighted by atomic mass is 35.6. The first-order valence-corrected chi connectivity index (χ1v) is 8.25. The van der Waals surface area contributed by atoms with Gasteiger partial charge in [-0.15, -0.1) is 0 Å². The van der Waals surface area contributed by atoms with E-state index in [2.05, 4.69) is 15.6 Å². The molecule has 9 heteroatoms. The molecule has 1 heterocycles. The first-order valence-electron chi connectivity index (χ1n) is 7.12. The molecular weight excluding hydrogens is 389 g/mol. The van der Waals surface area contributed by atoms with Gasteiger partial charge in [-0.05, 0) is 30.3 Å². The van der Waals surface area contributed by atoms with Crippen LogP contribution in [-0.2, 0) is 0 Å². The number of rotatable bonds is 6. The number of nitrogens with zero attached hydrogens (tertiary/aromatic N) is 1. The van der Waals surface area contributed by atoms with Gasteiger partial charge in [-0.2, -0.15) is 0 Å². The Kier molecular flexibility index (Phi) is 6.58. The van der Waals surface area contributed by atoms with Crippen LogP contribution in [0.25, 0.3) is 0 Å². The van der Waals surface area contributed by atoms with Gasteiger partial charge in [-0.3, -0.25) is 4.79 Å². The normalized spacial score (nSPS) is 12.2. The number of amides is 1. The summed E-state index contributed by atoms with van der Waals surface area (Å²) in [6, 6.07) is 9.92. The standard InChI is InChI=1S/C16H16Cl3N3O3/c1-24-11-7-6-10(9-12(11)25-2)14(23)22-15(16(17,18)19)21-13-5-3-4-8-20-13/h3-9,15H,1-2H3,(H,20,21)(H,22,23)/t15-/m0/s1. The maximum Gasteiger partial charge on any atom is 0.253 e. The minimum atomic E-state index is -1.80. The first-order chi connectivity index (χ1) is 11.8. The second-order valence-electron chi connectivity index (χ2n) is 4.88. The van der Waals surface area contributed by atoms with Gasteiger partial charge in [0.1, 0.15) is 12.0 Å². The van der Waals surface area contributed by atoms with Crippen LogP contribution in [0.1, 0.15) is 10.4 Å². The van der Waals surface area contributed by atoms with Crippen LogP contribution in [0.3, 0.4) is 0 Å². The summed E-state index contributed by atoms with van der Waals surface area (Å²) < 4.78 is 8.53. The van der Waals surface area contributed by atoms with Crippen molar-refractivity contribution in [2.45, 2.75) is 9.96 Å². The number of aromatic nitrogens is 1. The number of methoxy groups -OCH3 is 2. The van der Waals surface area contributed by atoms with Crippen LogP contribution >= 0.6 is 34.8 Å². The Balaban J connectivity index is 2.19. The van der Waals surface area contributed by atoms with Gasteiger partial charge in [0.2, 0.25) is 3.79 Å². The van der Waals surface area contributed by atoms with Gasteiger partial charge in [0.05, 0.1) is 14.2 Å². The average molecular weight is 405 g/mol. The van der Waals surface area contributed by atoms with E-state index in [0.29, 0.717) is 22.9 Å². The van der Waals surface area contributed by atoms with Crippen LogP contribution in [0.15, 0.2) is 42.6 Å². The van der Waals surface area contributed by atoms with Crippen LogP contribution in [0.5, 0.6) is 11.5 Å². The number of carbonyl (C=O) groups excluding carboxylic acids is 1. The molecule has 134 valence electrons. The van der Waals surface area contributed by atoms with Crippen molar-refractivity contribution < 1.29 is 14.3 Å². The average Bonchev–Trinajstić information content (AvgIpc) is 2.60. The zero-order valence-electron chi connectivity index (χ0n) is 13.4. The molecule has 0 fully saturated rings. The van der Waals surface area contributed by atoms with Gasteiger partial charge in [0, 0.05) is 11.8 Å². The summed E-state index contributed by atoms with van der Waals surface area (Å²) in [7, 11) is 2.99. The van der Waals surface area contributed by atoms with Gasteiger partial charge in [-0.25, -0.2) is 4.98 Å². The van der Waals surface area contributed by atoms with Crippen molar-refractivity contribution in [3.05, 3.63) is 48.2 Å². The van der Waals surface area contributed by atoms with Crippen molar-refractivity contribution in [3.8, 4) is 11.5 Å². The van der Waals surface area contributed by atoms with Crippen LogP contribution in [0.2, 0.25) is 0 Å². The lowest BCUT2D eigenvalue weighted by molar-refractivity contribution is 0.0941. The van der Waals surface area contributed by atoms with Crippen molar-refractivity contribution in [3.63, 3.8) is 0 Å². The van der Waals surface area contributed by atoms with E-state index in [1.54, 1.807) is 36.5 Å². The summed E-state index contributed by atoms with van der Waals surface area (Å²) in [5.74, 6) is 0.911. The molecule has 2 N–H and O–H groups in total. The van der Waals surface area contributed by atoms with Gasteiger partial charge >= 0.3 is 0 Å². The maximum atomic E-state index is 12.5. The molecule has 1 amide bonds. The number of carbonyl (C=O) groups is 1. The topological polar surface area (TPSA) is 72.5 Å². The van der Waals surface area contributed by atoms with E-state index in [1.165, 1.54) is 20.3 Å². The third-order valence-corrected chi connectivity index (χ3v) is 3.86. The number of hydrogen-bond acceptors (Lipinski definition) is 5. The van der Waals surface area contributed by atoms with Crippen molar-refractivity contribution >= 4 is 46.5 Å². The van der Waals surface area contributed by atoms with Crippen LogP contribution in [0, 0.1) is 0 Å². The first kappa shape index (κ1) is 19.4. The molecule has 1 aromatic heterocycles. The lowest BCUT2D eigenvalue weighted by Crippen LogP contribution is -2.49. The molecule has 0 bridgehead atoms. The largest absolute Gasteiger partial charge is 0.493 e. The molecule has 0 aliphatic rings. The fourth-order valence-electron chi connectivity index (χ4n) is 1.99. The maximum absolute atomic E-state index is 12.5. The number of alkyl halides is 3. The van der Waals surface area contributed by atoms with Crippen molar-refractivity contribution in [1.29, 1.82) is 0 Å². The number of benzene rings is 1. The molecule has 6 nitrogen and oxygen atoms in total. The molecule has 0 saturated heterocycles. The predicted molar refractivity (Wildman–Crippen MR) is 98.9 cm³/mol. The van der Waals surface area contributed by atoms with Crippen molar-refractivity contribution in [2.75, 3.05) is 19.5 Å². The highest BCUT2D eigenvalue weighted by Crippen LogP contribution is 2.31. The fraction of sp³-hybridized carbons (Fsp3) is 0.250. The molecule has 0 radical (unpaired) electrons. The zero-order chi connectivity index (χ0) is 18.4. The smallest absolute Gasteiger partial charge is 0.253 e. The number of halogens is 3. The molecule has 2 rings (SSSR count). The van der Waals surface area contributed by atoms with E-state index < -0.39 is 15.9 Å². The molecule has 0 saturated carbocycles. The molecule has 1 aromatic carbocycles.